The maximum atomic E-state index is 13.8. The minimum atomic E-state index is -0.841. The molecule has 0 saturated carbocycles. The third kappa shape index (κ3) is 2.41. The Morgan fingerprint density at radius 1 is 1.39 bits per heavy atom. The first-order valence-corrected chi connectivity index (χ1v) is 5.78. The second-order valence-electron chi connectivity index (χ2n) is 4.10. The Hall–Kier alpha value is -1.75. The molecule has 18 heavy (non-hydrogen) atoms. The van der Waals surface area contributed by atoms with Gasteiger partial charge in [-0.15, -0.1) is 0 Å². The highest BCUT2D eigenvalue weighted by atomic mass is 19.2. The average molecular weight is 251 g/mol. The fraction of sp³-hybridized carbons (Fsp3) is 0.308. The lowest BCUT2D eigenvalue weighted by Crippen LogP contribution is -2.23. The van der Waals surface area contributed by atoms with Crippen molar-refractivity contribution >= 4 is 0 Å². The SMILES string of the molecule is CCNC(c1cn(C)cn1)c1cccc(F)c1F. The molecule has 2 rings (SSSR count). The normalized spacial score (nSPS) is 12.7. The van der Waals surface area contributed by atoms with Crippen molar-refractivity contribution in [2.75, 3.05) is 6.54 Å². The third-order valence-electron chi connectivity index (χ3n) is 2.72. The molecule has 0 fully saturated rings. The predicted molar refractivity (Wildman–Crippen MR) is 65.1 cm³/mol. The van der Waals surface area contributed by atoms with Gasteiger partial charge in [0, 0.05) is 18.8 Å². The maximum Gasteiger partial charge on any atom is 0.163 e. The van der Waals surface area contributed by atoms with Gasteiger partial charge in [-0.05, 0) is 12.6 Å². The Morgan fingerprint density at radius 2 is 2.17 bits per heavy atom. The van der Waals surface area contributed by atoms with E-state index in [2.05, 4.69) is 10.3 Å². The zero-order chi connectivity index (χ0) is 13.1. The summed E-state index contributed by atoms with van der Waals surface area (Å²) in [5.41, 5.74) is 0.944. The van der Waals surface area contributed by atoms with Crippen LogP contribution < -0.4 is 5.32 Å². The van der Waals surface area contributed by atoms with Crippen molar-refractivity contribution in [2.24, 2.45) is 7.05 Å². The zero-order valence-electron chi connectivity index (χ0n) is 10.3. The van der Waals surface area contributed by atoms with Crippen molar-refractivity contribution in [1.82, 2.24) is 14.9 Å². The van der Waals surface area contributed by atoms with Gasteiger partial charge in [0.15, 0.2) is 11.6 Å². The van der Waals surface area contributed by atoms with Gasteiger partial charge in [-0.25, -0.2) is 13.8 Å². The molecule has 3 nitrogen and oxygen atoms in total. The molecule has 0 saturated heterocycles. The average Bonchev–Trinajstić information content (AvgIpc) is 2.77. The second kappa shape index (κ2) is 5.27. The summed E-state index contributed by atoms with van der Waals surface area (Å²) in [7, 11) is 1.83. The number of imidazole rings is 1. The first kappa shape index (κ1) is 12.7. The van der Waals surface area contributed by atoms with E-state index in [1.165, 1.54) is 6.07 Å². The molecule has 1 N–H and O–H groups in total. The van der Waals surface area contributed by atoms with Crippen molar-refractivity contribution in [2.45, 2.75) is 13.0 Å². The monoisotopic (exact) mass is 251 g/mol. The number of benzene rings is 1. The summed E-state index contributed by atoms with van der Waals surface area (Å²) in [5.74, 6) is -1.67. The number of nitrogens with one attached hydrogen (secondary N) is 1. The van der Waals surface area contributed by atoms with Crippen LogP contribution in [-0.2, 0) is 7.05 Å². The number of nitrogens with zero attached hydrogens (tertiary/aromatic N) is 2. The number of aryl methyl sites for hydroxylation is 1. The van der Waals surface area contributed by atoms with E-state index in [1.54, 1.807) is 23.2 Å². The Morgan fingerprint density at radius 3 is 2.78 bits per heavy atom. The first-order valence-electron chi connectivity index (χ1n) is 5.78. The van der Waals surface area contributed by atoms with E-state index < -0.39 is 17.7 Å². The van der Waals surface area contributed by atoms with Crippen molar-refractivity contribution in [3.8, 4) is 0 Å². The lowest BCUT2D eigenvalue weighted by Gasteiger charge is -2.17. The van der Waals surface area contributed by atoms with Gasteiger partial charge in [-0.3, -0.25) is 0 Å². The first-order chi connectivity index (χ1) is 8.63. The Labute approximate surface area is 104 Å². The highest BCUT2D eigenvalue weighted by Crippen LogP contribution is 2.24. The van der Waals surface area contributed by atoms with E-state index in [4.69, 9.17) is 0 Å². The number of aromatic nitrogens is 2. The minimum Gasteiger partial charge on any atom is -0.340 e. The molecule has 1 aromatic heterocycles. The summed E-state index contributed by atoms with van der Waals surface area (Å²) in [6.45, 7) is 2.55. The molecule has 0 aliphatic rings. The van der Waals surface area contributed by atoms with E-state index in [1.807, 2.05) is 14.0 Å². The molecule has 0 amide bonds. The molecule has 1 unspecified atom stereocenters. The highest BCUT2D eigenvalue weighted by molar-refractivity contribution is 5.29. The van der Waals surface area contributed by atoms with E-state index in [-0.39, 0.29) is 5.56 Å². The quantitative estimate of drug-likeness (QED) is 0.904. The topological polar surface area (TPSA) is 29.9 Å². The molecule has 1 aromatic carbocycles. The van der Waals surface area contributed by atoms with Gasteiger partial charge in [0.2, 0.25) is 0 Å². The summed E-state index contributed by atoms with van der Waals surface area (Å²) in [4.78, 5) is 4.19. The maximum absolute atomic E-state index is 13.8. The standard InChI is InChI=1S/C13H15F2N3/c1-3-16-13(11-7-18(2)8-17-11)9-5-4-6-10(14)12(9)15/h4-8,13,16H,3H2,1-2H3. The van der Waals surface area contributed by atoms with Crippen molar-refractivity contribution < 1.29 is 8.78 Å². The largest absolute Gasteiger partial charge is 0.340 e. The van der Waals surface area contributed by atoms with Crippen LogP contribution in [0.1, 0.15) is 24.2 Å². The third-order valence-corrected chi connectivity index (χ3v) is 2.72. The fourth-order valence-corrected chi connectivity index (χ4v) is 1.90. The number of hydrogen-bond donors (Lipinski definition) is 1. The molecule has 0 spiro atoms. The molecule has 2 aromatic rings. The van der Waals surface area contributed by atoms with Crippen LogP contribution in [0.15, 0.2) is 30.7 Å². The van der Waals surface area contributed by atoms with Crippen LogP contribution in [0, 0.1) is 11.6 Å². The molecular weight excluding hydrogens is 236 g/mol. The summed E-state index contributed by atoms with van der Waals surface area (Å²) >= 11 is 0. The molecule has 96 valence electrons. The van der Waals surface area contributed by atoms with Gasteiger partial charge in [0.1, 0.15) is 0 Å². The van der Waals surface area contributed by atoms with Crippen LogP contribution in [0.5, 0.6) is 0 Å². The smallest absolute Gasteiger partial charge is 0.163 e. The lowest BCUT2D eigenvalue weighted by molar-refractivity contribution is 0.481. The van der Waals surface area contributed by atoms with Gasteiger partial charge < -0.3 is 9.88 Å². The number of hydrogen-bond acceptors (Lipinski definition) is 2. The van der Waals surface area contributed by atoms with E-state index in [0.717, 1.165) is 6.07 Å². The summed E-state index contributed by atoms with van der Waals surface area (Å²) in [6.07, 6.45) is 3.43. The Bertz CT molecular complexity index is 537. The van der Waals surface area contributed by atoms with Crippen molar-refractivity contribution in [3.63, 3.8) is 0 Å². The lowest BCUT2D eigenvalue weighted by atomic mass is 10.0. The van der Waals surface area contributed by atoms with Gasteiger partial charge in [-0.1, -0.05) is 19.1 Å². The molecule has 5 heteroatoms. The zero-order valence-corrected chi connectivity index (χ0v) is 10.3. The van der Waals surface area contributed by atoms with Crippen LogP contribution in [0.2, 0.25) is 0 Å². The van der Waals surface area contributed by atoms with E-state index in [0.29, 0.717) is 12.2 Å². The molecule has 0 aliphatic heterocycles. The summed E-state index contributed by atoms with van der Waals surface area (Å²) in [5, 5.41) is 3.11. The summed E-state index contributed by atoms with van der Waals surface area (Å²) in [6, 6.07) is 3.74. The van der Waals surface area contributed by atoms with Crippen LogP contribution in [0.25, 0.3) is 0 Å². The van der Waals surface area contributed by atoms with Crippen LogP contribution in [-0.4, -0.2) is 16.1 Å². The molecule has 1 heterocycles. The fourth-order valence-electron chi connectivity index (χ4n) is 1.90. The predicted octanol–water partition coefficient (Wildman–Crippen LogP) is 2.40. The van der Waals surface area contributed by atoms with Crippen molar-refractivity contribution in [1.29, 1.82) is 0 Å². The van der Waals surface area contributed by atoms with Gasteiger partial charge >= 0.3 is 0 Å². The number of rotatable bonds is 4. The second-order valence-corrected chi connectivity index (χ2v) is 4.10. The Kier molecular flexibility index (Phi) is 3.72. The minimum absolute atomic E-state index is 0.274. The van der Waals surface area contributed by atoms with Gasteiger partial charge in [0.05, 0.1) is 18.1 Å². The van der Waals surface area contributed by atoms with Crippen LogP contribution in [0.4, 0.5) is 8.78 Å². The molecule has 1 atom stereocenters. The van der Waals surface area contributed by atoms with Crippen LogP contribution in [0.3, 0.4) is 0 Å². The molecule has 0 aliphatic carbocycles. The highest BCUT2D eigenvalue weighted by Gasteiger charge is 2.20. The van der Waals surface area contributed by atoms with Gasteiger partial charge in [0.25, 0.3) is 0 Å². The van der Waals surface area contributed by atoms with E-state index in [9.17, 15) is 8.78 Å². The Balaban J connectivity index is 2.44. The van der Waals surface area contributed by atoms with Crippen LogP contribution >= 0.6 is 0 Å². The number of halogens is 2. The van der Waals surface area contributed by atoms with E-state index >= 15 is 0 Å². The summed E-state index contributed by atoms with van der Waals surface area (Å²) < 4.78 is 28.9. The van der Waals surface area contributed by atoms with Crippen molar-refractivity contribution in [3.05, 3.63) is 53.6 Å². The molecule has 0 radical (unpaired) electrons. The van der Waals surface area contributed by atoms with Gasteiger partial charge in [-0.2, -0.15) is 0 Å². The molecular formula is C13H15F2N3. The molecule has 0 bridgehead atoms.